The lowest BCUT2D eigenvalue weighted by molar-refractivity contribution is -0.142. The van der Waals surface area contributed by atoms with E-state index in [0.29, 0.717) is 13.1 Å². The molecule has 0 saturated carbocycles. The normalized spacial score (nSPS) is 26.7. The van der Waals surface area contributed by atoms with Crippen LogP contribution in [-0.4, -0.2) is 78.6 Å². The molecule has 2 heterocycles. The maximum absolute atomic E-state index is 12.6. The number of piperidine rings is 2. The Bertz CT molecular complexity index is 648. The number of carbonyl (C=O) groups is 1. The highest BCUT2D eigenvalue weighted by Crippen LogP contribution is 2.39. The van der Waals surface area contributed by atoms with E-state index in [-0.39, 0.29) is 17.4 Å². The van der Waals surface area contributed by atoms with Crippen molar-refractivity contribution in [1.29, 1.82) is 0 Å². The molecule has 2 saturated heterocycles. The van der Waals surface area contributed by atoms with Crippen LogP contribution in [0.5, 0.6) is 0 Å². The van der Waals surface area contributed by atoms with Gasteiger partial charge in [0, 0.05) is 38.1 Å². The van der Waals surface area contributed by atoms with E-state index < -0.39 is 0 Å². The van der Waals surface area contributed by atoms with E-state index >= 15 is 0 Å². The molecule has 1 spiro atoms. The third-order valence-electron chi connectivity index (χ3n) is 6.27. The lowest BCUT2D eigenvalue weighted by atomic mass is 9.71. The zero-order chi connectivity index (χ0) is 19.4. The van der Waals surface area contributed by atoms with Gasteiger partial charge >= 0.3 is 0 Å². The Morgan fingerprint density at radius 2 is 1.96 bits per heavy atom. The number of nitrogens with zero attached hydrogens (tertiary/aromatic N) is 3. The van der Waals surface area contributed by atoms with Crippen molar-refractivity contribution in [3.8, 4) is 0 Å². The number of aryl methyl sites for hydroxylation is 1. The topological polar surface area (TPSA) is 47.0 Å². The van der Waals surface area contributed by atoms with Crippen LogP contribution in [0.15, 0.2) is 24.3 Å². The molecule has 2 aliphatic heterocycles. The van der Waals surface area contributed by atoms with Crippen LogP contribution in [0.4, 0.5) is 0 Å². The molecule has 0 aliphatic carbocycles. The van der Waals surface area contributed by atoms with Crippen LogP contribution in [0.1, 0.15) is 37.3 Å². The van der Waals surface area contributed by atoms with Crippen LogP contribution in [0.2, 0.25) is 0 Å². The van der Waals surface area contributed by atoms with Gasteiger partial charge in [0.15, 0.2) is 0 Å². The summed E-state index contributed by atoms with van der Waals surface area (Å²) >= 11 is 0. The number of hydrogen-bond acceptors (Lipinski definition) is 4. The summed E-state index contributed by atoms with van der Waals surface area (Å²) < 4.78 is 0. The Hall–Kier alpha value is -1.43. The highest BCUT2D eigenvalue weighted by atomic mass is 16.3. The minimum atomic E-state index is -0.315. The number of amides is 1. The van der Waals surface area contributed by atoms with Gasteiger partial charge in [0.2, 0.25) is 5.91 Å². The Kier molecular flexibility index (Phi) is 6.56. The maximum atomic E-state index is 12.6. The second-order valence-corrected chi connectivity index (χ2v) is 8.66. The van der Waals surface area contributed by atoms with Crippen LogP contribution < -0.4 is 0 Å². The fourth-order valence-electron chi connectivity index (χ4n) is 4.82. The van der Waals surface area contributed by atoms with E-state index in [9.17, 15) is 9.90 Å². The summed E-state index contributed by atoms with van der Waals surface area (Å²) in [5, 5.41) is 10.9. The Morgan fingerprint density at radius 3 is 2.67 bits per heavy atom. The van der Waals surface area contributed by atoms with Crippen molar-refractivity contribution >= 4 is 5.91 Å². The average Bonchev–Trinajstić information content (AvgIpc) is 2.65. The molecule has 2 aliphatic rings. The van der Waals surface area contributed by atoms with Gasteiger partial charge in [-0.15, -0.1) is 0 Å². The highest BCUT2D eigenvalue weighted by molar-refractivity contribution is 5.78. The smallest absolute Gasteiger partial charge is 0.236 e. The molecular weight excluding hydrogens is 338 g/mol. The largest absolute Gasteiger partial charge is 0.392 e. The lowest BCUT2D eigenvalue weighted by Crippen LogP contribution is -2.60. The quantitative estimate of drug-likeness (QED) is 0.857. The lowest BCUT2D eigenvalue weighted by Gasteiger charge is -2.51. The van der Waals surface area contributed by atoms with Crippen LogP contribution in [0, 0.1) is 5.41 Å². The molecule has 1 aromatic rings. The Morgan fingerprint density at radius 1 is 1.22 bits per heavy atom. The van der Waals surface area contributed by atoms with Crippen LogP contribution >= 0.6 is 0 Å². The van der Waals surface area contributed by atoms with Crippen molar-refractivity contribution in [2.75, 3.05) is 46.8 Å². The zero-order valence-electron chi connectivity index (χ0n) is 17.2. The number of benzene rings is 1. The second kappa shape index (κ2) is 8.72. The zero-order valence-corrected chi connectivity index (χ0v) is 17.2. The molecule has 150 valence electrons. The fraction of sp³-hybridized carbons (Fsp3) is 0.682. The van der Waals surface area contributed by atoms with Crippen molar-refractivity contribution < 1.29 is 9.90 Å². The summed E-state index contributed by atoms with van der Waals surface area (Å²) in [6.07, 6.45) is 3.51. The van der Waals surface area contributed by atoms with E-state index in [2.05, 4.69) is 36.1 Å². The van der Waals surface area contributed by atoms with Gasteiger partial charge in [0.25, 0.3) is 0 Å². The molecule has 0 bridgehead atoms. The first-order valence-corrected chi connectivity index (χ1v) is 10.3. The van der Waals surface area contributed by atoms with Crippen molar-refractivity contribution in [2.45, 2.75) is 45.3 Å². The Labute approximate surface area is 163 Å². The second-order valence-electron chi connectivity index (χ2n) is 8.66. The third kappa shape index (κ3) is 4.71. The van der Waals surface area contributed by atoms with E-state index in [1.807, 2.05) is 23.9 Å². The molecule has 1 N–H and O–H groups in total. The predicted molar refractivity (Wildman–Crippen MR) is 109 cm³/mol. The molecule has 0 aromatic heterocycles. The van der Waals surface area contributed by atoms with Gasteiger partial charge in [-0.25, -0.2) is 0 Å². The minimum Gasteiger partial charge on any atom is -0.392 e. The van der Waals surface area contributed by atoms with E-state index in [1.54, 1.807) is 0 Å². The van der Waals surface area contributed by atoms with Crippen LogP contribution in [-0.2, 0) is 17.8 Å². The summed E-state index contributed by atoms with van der Waals surface area (Å²) in [5.74, 6) is 0.180. The van der Waals surface area contributed by atoms with Gasteiger partial charge < -0.3 is 14.9 Å². The molecule has 3 rings (SSSR count). The number of hydrogen-bond donors (Lipinski definition) is 1. The molecule has 0 radical (unpaired) electrons. The third-order valence-corrected chi connectivity index (χ3v) is 6.27. The first-order chi connectivity index (χ1) is 12.9. The average molecular weight is 374 g/mol. The van der Waals surface area contributed by atoms with E-state index in [4.69, 9.17) is 0 Å². The van der Waals surface area contributed by atoms with Gasteiger partial charge in [0.1, 0.15) is 0 Å². The number of aliphatic hydroxyl groups is 1. The van der Waals surface area contributed by atoms with Gasteiger partial charge in [-0.1, -0.05) is 31.2 Å². The van der Waals surface area contributed by atoms with Crippen LogP contribution in [0.3, 0.4) is 0 Å². The molecular formula is C22H35N3O2. The summed E-state index contributed by atoms with van der Waals surface area (Å²) in [5.41, 5.74) is 2.62. The fourth-order valence-corrected chi connectivity index (χ4v) is 4.82. The van der Waals surface area contributed by atoms with Gasteiger partial charge in [-0.05, 0) is 50.9 Å². The molecule has 2 atom stereocenters. The van der Waals surface area contributed by atoms with Crippen molar-refractivity contribution in [2.24, 2.45) is 5.41 Å². The molecule has 1 amide bonds. The van der Waals surface area contributed by atoms with Gasteiger partial charge in [-0.3, -0.25) is 9.69 Å². The van der Waals surface area contributed by atoms with E-state index in [1.165, 1.54) is 11.1 Å². The number of likely N-dealkylation sites (N-methyl/N-ethyl adjacent to an activating group) is 1. The van der Waals surface area contributed by atoms with Crippen molar-refractivity contribution in [3.63, 3.8) is 0 Å². The van der Waals surface area contributed by atoms with Gasteiger partial charge in [0.05, 0.1) is 12.6 Å². The Balaban J connectivity index is 1.71. The first kappa shape index (κ1) is 20.3. The molecule has 27 heavy (non-hydrogen) atoms. The standard InChI is InChI=1S/C22H35N3O2/c1-4-18-8-5-6-9-19(18)14-24-13-10-20(26)22(16-24)11-7-12-25(17-22)21(27)15-23(2)3/h5-6,8-9,20,26H,4,7,10-17H2,1-3H3/t20-,22-/m1/s1. The summed E-state index contributed by atoms with van der Waals surface area (Å²) in [7, 11) is 3.86. The monoisotopic (exact) mass is 373 g/mol. The summed E-state index contributed by atoms with van der Waals surface area (Å²) in [6.45, 7) is 6.89. The van der Waals surface area contributed by atoms with E-state index in [0.717, 1.165) is 51.9 Å². The SMILES string of the molecule is CCc1ccccc1CN1CC[C@@H](O)[C@]2(CCCN(C(=O)CN(C)C)C2)C1. The predicted octanol–water partition coefficient (Wildman–Crippen LogP) is 1.99. The first-order valence-electron chi connectivity index (χ1n) is 10.3. The molecule has 0 unspecified atom stereocenters. The number of aliphatic hydroxyl groups excluding tert-OH is 1. The minimum absolute atomic E-state index is 0.180. The number of likely N-dealkylation sites (tertiary alicyclic amines) is 2. The summed E-state index contributed by atoms with van der Waals surface area (Å²) in [6, 6.07) is 8.67. The number of carbonyl (C=O) groups excluding carboxylic acids is 1. The van der Waals surface area contributed by atoms with Crippen molar-refractivity contribution in [3.05, 3.63) is 35.4 Å². The highest BCUT2D eigenvalue weighted by Gasteiger charge is 2.46. The number of rotatable bonds is 5. The maximum Gasteiger partial charge on any atom is 0.236 e. The van der Waals surface area contributed by atoms with Gasteiger partial charge in [-0.2, -0.15) is 0 Å². The summed E-state index contributed by atoms with van der Waals surface area (Å²) in [4.78, 5) is 19.0. The van der Waals surface area contributed by atoms with Crippen molar-refractivity contribution in [1.82, 2.24) is 14.7 Å². The molecule has 5 nitrogen and oxygen atoms in total. The molecule has 1 aromatic carbocycles. The van der Waals surface area contributed by atoms with Crippen LogP contribution in [0.25, 0.3) is 0 Å². The molecule has 2 fully saturated rings. The molecule has 5 heteroatoms.